The Morgan fingerprint density at radius 2 is 2.50 bits per heavy atom. The fourth-order valence-electron chi connectivity index (χ4n) is 2.51. The van der Waals surface area contributed by atoms with Crippen molar-refractivity contribution < 1.29 is 0 Å². The molecule has 90 valence electrons. The van der Waals surface area contributed by atoms with Crippen molar-refractivity contribution in [2.75, 3.05) is 12.3 Å². The quantitative estimate of drug-likeness (QED) is 0.875. The first-order valence-electron chi connectivity index (χ1n) is 6.01. The summed E-state index contributed by atoms with van der Waals surface area (Å²) in [6.45, 7) is 5.56. The average Bonchev–Trinajstić information content (AvgIpc) is 2.85. The third kappa shape index (κ3) is 2.28. The van der Waals surface area contributed by atoms with Gasteiger partial charge in [-0.15, -0.1) is 0 Å². The summed E-state index contributed by atoms with van der Waals surface area (Å²) < 4.78 is 2.22. The number of thioether (sulfide) groups is 1. The number of hydrogen-bond acceptors (Lipinski definition) is 3. The third-order valence-corrected chi connectivity index (χ3v) is 4.92. The zero-order valence-electron chi connectivity index (χ0n) is 10.4. The maximum absolute atomic E-state index is 4.29. The Morgan fingerprint density at radius 1 is 1.69 bits per heavy atom. The van der Waals surface area contributed by atoms with E-state index in [0.29, 0.717) is 10.8 Å². The van der Waals surface area contributed by atoms with E-state index in [1.165, 1.54) is 24.2 Å². The average molecular weight is 239 g/mol. The summed E-state index contributed by atoms with van der Waals surface area (Å²) >= 11 is 2.10. The first-order chi connectivity index (χ1) is 7.65. The maximum Gasteiger partial charge on any atom is 0.0538 e. The molecule has 3 nitrogen and oxygen atoms in total. The normalized spacial score (nSPS) is 27.2. The molecular formula is C12H21N3S. The van der Waals surface area contributed by atoms with E-state index >= 15 is 0 Å². The third-order valence-electron chi connectivity index (χ3n) is 3.33. The van der Waals surface area contributed by atoms with Crippen molar-refractivity contribution in [2.24, 2.45) is 7.05 Å². The molecule has 2 unspecified atom stereocenters. The van der Waals surface area contributed by atoms with Gasteiger partial charge in [0, 0.05) is 29.6 Å². The number of nitrogens with zero attached hydrogens (tertiary/aromatic N) is 2. The van der Waals surface area contributed by atoms with Gasteiger partial charge in [0.15, 0.2) is 0 Å². The zero-order chi connectivity index (χ0) is 11.6. The van der Waals surface area contributed by atoms with Crippen molar-refractivity contribution in [2.45, 2.75) is 37.5 Å². The molecule has 0 radical (unpaired) electrons. The summed E-state index contributed by atoms with van der Waals surface area (Å²) in [6.07, 6.45) is 6.77. The molecule has 0 amide bonds. The van der Waals surface area contributed by atoms with Crippen LogP contribution in [0, 0.1) is 0 Å². The van der Waals surface area contributed by atoms with Gasteiger partial charge in [-0.25, -0.2) is 0 Å². The van der Waals surface area contributed by atoms with Crippen LogP contribution in [-0.2, 0) is 7.05 Å². The van der Waals surface area contributed by atoms with Crippen molar-refractivity contribution in [3.05, 3.63) is 18.0 Å². The van der Waals surface area contributed by atoms with E-state index in [0.717, 1.165) is 6.54 Å². The van der Waals surface area contributed by atoms with Gasteiger partial charge in [0.1, 0.15) is 0 Å². The van der Waals surface area contributed by atoms with E-state index < -0.39 is 0 Å². The largest absolute Gasteiger partial charge is 0.309 e. The molecule has 1 aromatic heterocycles. The lowest BCUT2D eigenvalue weighted by atomic mass is 9.92. The highest BCUT2D eigenvalue weighted by Crippen LogP contribution is 2.46. The molecule has 1 fully saturated rings. The summed E-state index contributed by atoms with van der Waals surface area (Å²) in [6, 6.07) is 0.429. The Morgan fingerprint density at radius 3 is 3.00 bits per heavy atom. The molecule has 2 rings (SSSR count). The lowest BCUT2D eigenvalue weighted by Crippen LogP contribution is -2.37. The molecule has 16 heavy (non-hydrogen) atoms. The Kier molecular flexibility index (Phi) is 3.60. The van der Waals surface area contributed by atoms with Gasteiger partial charge in [0.25, 0.3) is 0 Å². The molecule has 1 aliphatic rings. The number of nitrogens with one attached hydrogen (secondary N) is 1. The minimum absolute atomic E-state index is 0.332. The number of aryl methyl sites for hydroxylation is 1. The predicted octanol–water partition coefficient (Wildman–Crippen LogP) is 2.36. The summed E-state index contributed by atoms with van der Waals surface area (Å²) in [5.74, 6) is 1.29. The second kappa shape index (κ2) is 4.80. The monoisotopic (exact) mass is 239 g/mol. The molecule has 0 saturated carbocycles. The molecule has 1 aromatic rings. The molecular weight excluding hydrogens is 218 g/mol. The van der Waals surface area contributed by atoms with Crippen LogP contribution in [0.15, 0.2) is 12.4 Å². The molecule has 0 aromatic carbocycles. The fraction of sp³-hybridized carbons (Fsp3) is 0.750. The van der Waals surface area contributed by atoms with Gasteiger partial charge in [0.2, 0.25) is 0 Å². The van der Waals surface area contributed by atoms with Crippen LogP contribution in [-0.4, -0.2) is 26.8 Å². The fourth-order valence-corrected chi connectivity index (χ4v) is 3.94. The standard InChI is InChI=1S/C12H21N3S/c1-4-13-11(10-8-14-15(3)9-10)12(2)6-5-7-16-12/h8-9,11,13H,4-7H2,1-3H3. The van der Waals surface area contributed by atoms with Gasteiger partial charge in [-0.3, -0.25) is 4.68 Å². The first-order valence-corrected chi connectivity index (χ1v) is 7.00. The van der Waals surface area contributed by atoms with Crippen LogP contribution in [0.4, 0.5) is 0 Å². The maximum atomic E-state index is 4.29. The molecule has 1 N–H and O–H groups in total. The van der Waals surface area contributed by atoms with Gasteiger partial charge in [-0.1, -0.05) is 6.92 Å². The molecule has 0 spiro atoms. The Hall–Kier alpha value is -0.480. The molecule has 2 atom stereocenters. The van der Waals surface area contributed by atoms with Crippen molar-refractivity contribution in [1.82, 2.24) is 15.1 Å². The van der Waals surface area contributed by atoms with Crippen LogP contribution in [0.1, 0.15) is 38.3 Å². The molecule has 2 heterocycles. The Labute approximate surface area is 102 Å². The zero-order valence-corrected chi connectivity index (χ0v) is 11.2. The van der Waals surface area contributed by atoms with Gasteiger partial charge in [-0.05, 0) is 32.1 Å². The first kappa shape index (κ1) is 12.0. The van der Waals surface area contributed by atoms with E-state index in [4.69, 9.17) is 0 Å². The van der Waals surface area contributed by atoms with Crippen LogP contribution in [0.3, 0.4) is 0 Å². The van der Waals surface area contributed by atoms with Gasteiger partial charge >= 0.3 is 0 Å². The smallest absolute Gasteiger partial charge is 0.0538 e. The molecule has 0 aliphatic carbocycles. The van der Waals surface area contributed by atoms with Crippen LogP contribution < -0.4 is 5.32 Å². The summed E-state index contributed by atoms with van der Waals surface area (Å²) in [5.41, 5.74) is 1.32. The minimum Gasteiger partial charge on any atom is -0.309 e. The van der Waals surface area contributed by atoms with E-state index in [9.17, 15) is 0 Å². The van der Waals surface area contributed by atoms with Crippen LogP contribution in [0.2, 0.25) is 0 Å². The van der Waals surface area contributed by atoms with Crippen LogP contribution in [0.25, 0.3) is 0 Å². The highest BCUT2D eigenvalue weighted by Gasteiger charge is 2.38. The number of rotatable bonds is 4. The Bertz CT molecular complexity index is 342. The van der Waals surface area contributed by atoms with E-state index in [1.807, 2.05) is 17.9 Å². The van der Waals surface area contributed by atoms with Crippen LogP contribution >= 0.6 is 11.8 Å². The van der Waals surface area contributed by atoms with E-state index in [1.54, 1.807) is 0 Å². The second-order valence-electron chi connectivity index (χ2n) is 4.70. The molecule has 0 bridgehead atoms. The topological polar surface area (TPSA) is 29.9 Å². The number of aromatic nitrogens is 2. The second-order valence-corrected chi connectivity index (χ2v) is 6.33. The van der Waals surface area contributed by atoms with Crippen molar-refractivity contribution >= 4 is 11.8 Å². The summed E-state index contributed by atoms with van der Waals surface area (Å²) in [5, 5.41) is 7.91. The van der Waals surface area contributed by atoms with Gasteiger partial charge < -0.3 is 5.32 Å². The highest BCUT2D eigenvalue weighted by molar-refractivity contribution is 8.00. The van der Waals surface area contributed by atoms with E-state index in [2.05, 4.69) is 42.2 Å². The lowest BCUT2D eigenvalue weighted by Gasteiger charge is -2.33. The number of hydrogen-bond donors (Lipinski definition) is 1. The SMILES string of the molecule is CCNC(c1cnn(C)c1)C1(C)CCCS1. The minimum atomic E-state index is 0.332. The summed E-state index contributed by atoms with van der Waals surface area (Å²) in [7, 11) is 1.98. The van der Waals surface area contributed by atoms with Crippen molar-refractivity contribution in [3.8, 4) is 0 Å². The van der Waals surface area contributed by atoms with Crippen molar-refractivity contribution in [1.29, 1.82) is 0 Å². The molecule has 1 aliphatic heterocycles. The molecule has 1 saturated heterocycles. The Balaban J connectivity index is 2.22. The van der Waals surface area contributed by atoms with Gasteiger partial charge in [-0.2, -0.15) is 16.9 Å². The van der Waals surface area contributed by atoms with Gasteiger partial charge in [0.05, 0.1) is 6.20 Å². The summed E-state index contributed by atoms with van der Waals surface area (Å²) in [4.78, 5) is 0. The molecule has 4 heteroatoms. The van der Waals surface area contributed by atoms with Crippen LogP contribution in [0.5, 0.6) is 0 Å². The highest BCUT2D eigenvalue weighted by atomic mass is 32.2. The predicted molar refractivity (Wildman–Crippen MR) is 69.7 cm³/mol. The van der Waals surface area contributed by atoms with Crippen molar-refractivity contribution in [3.63, 3.8) is 0 Å². The van der Waals surface area contributed by atoms with E-state index in [-0.39, 0.29) is 0 Å². The lowest BCUT2D eigenvalue weighted by molar-refractivity contribution is 0.421.